The van der Waals surface area contributed by atoms with E-state index in [-0.39, 0.29) is 24.9 Å². The molecule has 3 rings (SSSR count). The summed E-state index contributed by atoms with van der Waals surface area (Å²) in [5.74, 6) is -0.238. The zero-order valence-electron chi connectivity index (χ0n) is 11.6. The molecular weight excluding hydrogens is 324 g/mol. The first-order chi connectivity index (χ1) is 10.6. The quantitative estimate of drug-likeness (QED) is 0.634. The summed E-state index contributed by atoms with van der Waals surface area (Å²) in [7, 11) is 0. The third-order valence-electron chi connectivity index (χ3n) is 3.41. The monoisotopic (exact) mass is 336 g/mol. The maximum Gasteiger partial charge on any atom is 0.313 e. The highest BCUT2D eigenvalue weighted by Gasteiger charge is 2.27. The molecule has 1 unspecified atom stereocenters. The maximum absolute atomic E-state index is 12.1. The number of fused-ring (bicyclic) bond motifs is 1. The fourth-order valence-corrected chi connectivity index (χ4v) is 3.24. The van der Waals surface area contributed by atoms with Gasteiger partial charge in [-0.2, -0.15) is 0 Å². The number of benzene rings is 1. The van der Waals surface area contributed by atoms with Crippen LogP contribution in [0.2, 0.25) is 4.34 Å². The zero-order valence-corrected chi connectivity index (χ0v) is 13.2. The van der Waals surface area contributed by atoms with Gasteiger partial charge in [0.15, 0.2) is 6.61 Å². The molecule has 0 spiro atoms. The van der Waals surface area contributed by atoms with Crippen LogP contribution in [0.25, 0.3) is 0 Å². The second-order valence-corrected chi connectivity index (χ2v) is 6.67. The number of thiophene rings is 1. The largest absolute Gasteiger partial charge is 0.492 e. The molecule has 0 fully saturated rings. The molecule has 114 valence electrons. The zero-order chi connectivity index (χ0) is 15.5. The van der Waals surface area contributed by atoms with E-state index in [4.69, 9.17) is 21.1 Å². The smallest absolute Gasteiger partial charge is 0.313 e. The lowest BCUT2D eigenvalue weighted by atomic mass is 9.97. The van der Waals surface area contributed by atoms with E-state index in [0.717, 1.165) is 11.3 Å². The predicted molar refractivity (Wildman–Crippen MR) is 83.7 cm³/mol. The number of carbonyl (C=O) groups excluding carboxylic acids is 2. The van der Waals surface area contributed by atoms with Gasteiger partial charge in [-0.3, -0.25) is 9.59 Å². The molecule has 0 aliphatic carbocycles. The van der Waals surface area contributed by atoms with Crippen LogP contribution in [-0.4, -0.2) is 25.0 Å². The van der Waals surface area contributed by atoms with Crippen molar-refractivity contribution in [2.75, 3.05) is 13.2 Å². The van der Waals surface area contributed by atoms with Crippen molar-refractivity contribution in [1.82, 2.24) is 0 Å². The van der Waals surface area contributed by atoms with Gasteiger partial charge in [-0.05, 0) is 30.2 Å². The molecule has 0 amide bonds. The van der Waals surface area contributed by atoms with E-state index in [1.54, 1.807) is 12.1 Å². The van der Waals surface area contributed by atoms with E-state index in [9.17, 15) is 9.59 Å². The molecule has 1 aromatic carbocycles. The minimum absolute atomic E-state index is 0.248. The Morgan fingerprint density at radius 1 is 1.27 bits per heavy atom. The van der Waals surface area contributed by atoms with Gasteiger partial charge in [-0.25, -0.2) is 0 Å². The van der Waals surface area contributed by atoms with Crippen LogP contribution in [0.1, 0.15) is 15.2 Å². The highest BCUT2D eigenvalue weighted by atomic mass is 35.5. The van der Waals surface area contributed by atoms with E-state index in [0.29, 0.717) is 15.6 Å². The molecule has 1 aliphatic rings. The van der Waals surface area contributed by atoms with Crippen LogP contribution in [0.5, 0.6) is 5.75 Å². The number of hydrogen-bond acceptors (Lipinski definition) is 5. The van der Waals surface area contributed by atoms with Crippen molar-refractivity contribution in [3.8, 4) is 5.75 Å². The van der Waals surface area contributed by atoms with Crippen LogP contribution in [-0.2, 0) is 16.0 Å². The number of esters is 1. The third-order valence-corrected chi connectivity index (χ3v) is 4.68. The number of ether oxygens (including phenoxy) is 2. The normalized spacial score (nSPS) is 16.5. The van der Waals surface area contributed by atoms with Gasteiger partial charge in [0.25, 0.3) is 0 Å². The summed E-state index contributed by atoms with van der Waals surface area (Å²) in [5, 5.41) is 0. The summed E-state index contributed by atoms with van der Waals surface area (Å²) in [6.07, 6.45) is 0.564. The highest BCUT2D eigenvalue weighted by molar-refractivity contribution is 7.18. The summed E-state index contributed by atoms with van der Waals surface area (Å²) in [6.45, 7) is 0.00267. The fourth-order valence-electron chi connectivity index (χ4n) is 2.27. The van der Waals surface area contributed by atoms with Gasteiger partial charge in [-0.15, -0.1) is 11.3 Å². The molecule has 1 aliphatic heterocycles. The Morgan fingerprint density at radius 3 is 2.86 bits per heavy atom. The Bertz CT molecular complexity index is 710. The summed E-state index contributed by atoms with van der Waals surface area (Å²) in [5.41, 5.74) is 0.979. The molecule has 0 N–H and O–H groups in total. The first-order valence-corrected chi connectivity index (χ1v) is 7.99. The molecule has 22 heavy (non-hydrogen) atoms. The lowest BCUT2D eigenvalue weighted by Crippen LogP contribution is -2.30. The van der Waals surface area contributed by atoms with Gasteiger partial charge in [0.05, 0.1) is 15.1 Å². The van der Waals surface area contributed by atoms with Crippen LogP contribution in [0.15, 0.2) is 36.4 Å². The standard InChI is InChI=1S/C16H13ClO4S/c17-15-6-5-14(22-15)12(18)9-21-16(19)11-7-10-3-1-2-4-13(10)20-8-11/h1-6,11H,7-9H2. The maximum atomic E-state index is 12.1. The number of rotatable bonds is 4. The Hall–Kier alpha value is -1.85. The third kappa shape index (κ3) is 3.31. The average molecular weight is 337 g/mol. The van der Waals surface area contributed by atoms with Crippen molar-refractivity contribution in [2.24, 2.45) is 5.92 Å². The second-order valence-electron chi connectivity index (χ2n) is 4.95. The van der Waals surface area contributed by atoms with Crippen LogP contribution in [0, 0.1) is 5.92 Å². The number of Topliss-reactive ketones (excluding diaryl/α,β-unsaturated/α-hetero) is 1. The molecule has 1 aromatic heterocycles. The summed E-state index contributed by atoms with van der Waals surface area (Å²) < 4.78 is 11.2. The van der Waals surface area contributed by atoms with E-state index in [1.165, 1.54) is 11.3 Å². The van der Waals surface area contributed by atoms with Crippen molar-refractivity contribution in [3.05, 3.63) is 51.2 Å². The van der Waals surface area contributed by atoms with E-state index in [1.807, 2.05) is 24.3 Å². The molecule has 0 saturated carbocycles. The molecule has 0 saturated heterocycles. The SMILES string of the molecule is O=C(COC(=O)C1COc2ccccc2C1)c1ccc(Cl)s1. The Balaban J connectivity index is 1.56. The molecule has 2 aromatic rings. The predicted octanol–water partition coefficient (Wildman–Crippen LogP) is 3.38. The molecular formula is C16H13ClO4S. The summed E-state index contributed by atoms with van der Waals surface area (Å²) in [4.78, 5) is 24.4. The molecule has 0 radical (unpaired) electrons. The second kappa shape index (κ2) is 6.50. The average Bonchev–Trinajstić information content (AvgIpc) is 2.98. The number of halogens is 1. The van der Waals surface area contributed by atoms with Gasteiger partial charge in [0, 0.05) is 0 Å². The van der Waals surface area contributed by atoms with Crippen molar-refractivity contribution in [3.63, 3.8) is 0 Å². The Kier molecular flexibility index (Phi) is 4.45. The van der Waals surface area contributed by atoms with Crippen molar-refractivity contribution < 1.29 is 19.1 Å². The van der Waals surface area contributed by atoms with Gasteiger partial charge < -0.3 is 9.47 Å². The molecule has 2 heterocycles. The van der Waals surface area contributed by atoms with Crippen LogP contribution in [0.4, 0.5) is 0 Å². The number of carbonyl (C=O) groups is 2. The van der Waals surface area contributed by atoms with Crippen LogP contribution < -0.4 is 4.74 Å². The minimum Gasteiger partial charge on any atom is -0.492 e. The van der Waals surface area contributed by atoms with E-state index < -0.39 is 5.97 Å². The first kappa shape index (κ1) is 15.1. The van der Waals surface area contributed by atoms with Crippen LogP contribution >= 0.6 is 22.9 Å². The first-order valence-electron chi connectivity index (χ1n) is 6.79. The van der Waals surface area contributed by atoms with E-state index >= 15 is 0 Å². The van der Waals surface area contributed by atoms with E-state index in [2.05, 4.69) is 0 Å². The molecule has 6 heteroatoms. The van der Waals surface area contributed by atoms with Crippen molar-refractivity contribution in [2.45, 2.75) is 6.42 Å². The van der Waals surface area contributed by atoms with Gasteiger partial charge in [0.1, 0.15) is 12.4 Å². The highest BCUT2D eigenvalue weighted by Crippen LogP contribution is 2.27. The van der Waals surface area contributed by atoms with Gasteiger partial charge in [-0.1, -0.05) is 29.8 Å². The summed E-state index contributed by atoms with van der Waals surface area (Å²) >= 11 is 6.95. The van der Waals surface area contributed by atoms with Crippen molar-refractivity contribution >= 4 is 34.7 Å². The topological polar surface area (TPSA) is 52.6 Å². The van der Waals surface area contributed by atoms with Gasteiger partial charge >= 0.3 is 5.97 Å². The minimum atomic E-state index is -0.412. The molecule has 1 atom stereocenters. The molecule has 0 bridgehead atoms. The summed E-state index contributed by atoms with van der Waals surface area (Å²) in [6, 6.07) is 10.9. The van der Waals surface area contributed by atoms with Crippen molar-refractivity contribution in [1.29, 1.82) is 0 Å². The number of hydrogen-bond donors (Lipinski definition) is 0. The Morgan fingerprint density at radius 2 is 2.09 bits per heavy atom. The fraction of sp³-hybridized carbons (Fsp3) is 0.250. The van der Waals surface area contributed by atoms with Gasteiger partial charge in [0.2, 0.25) is 5.78 Å². The lowest BCUT2D eigenvalue weighted by Gasteiger charge is -2.23. The lowest BCUT2D eigenvalue weighted by molar-refractivity contribution is -0.148. The van der Waals surface area contributed by atoms with Crippen LogP contribution in [0.3, 0.4) is 0 Å². The Labute approximate surface area is 136 Å². The number of para-hydroxylation sites is 1. The number of ketones is 1. The molecule has 4 nitrogen and oxygen atoms in total.